The number of aromatic nitrogens is 2. The lowest BCUT2D eigenvalue weighted by atomic mass is 10.0. The molecule has 0 aromatic carbocycles. The molecule has 7 heteroatoms. The van der Waals surface area contributed by atoms with Crippen molar-refractivity contribution in [2.45, 2.75) is 39.2 Å². The summed E-state index contributed by atoms with van der Waals surface area (Å²) in [6.07, 6.45) is 1.06. The van der Waals surface area contributed by atoms with Gasteiger partial charge in [-0.3, -0.25) is 14.7 Å². The minimum Gasteiger partial charge on any atom is -0.362 e. The molecule has 1 aliphatic rings. The highest BCUT2D eigenvalue weighted by atomic mass is 16.5. The zero-order valence-corrected chi connectivity index (χ0v) is 13.7. The van der Waals surface area contributed by atoms with E-state index in [4.69, 9.17) is 4.74 Å². The molecule has 0 aliphatic carbocycles. The van der Waals surface area contributed by atoms with E-state index in [0.717, 1.165) is 17.0 Å². The fraction of sp³-hybridized carbons (Fsp3) is 0.667. The number of aromatic amines is 1. The zero-order chi connectivity index (χ0) is 16.3. The second-order valence-corrected chi connectivity index (χ2v) is 5.89. The monoisotopic (exact) mass is 308 g/mol. The van der Waals surface area contributed by atoms with Crippen LogP contribution in [0, 0.1) is 13.8 Å². The summed E-state index contributed by atoms with van der Waals surface area (Å²) in [4.78, 5) is 26.0. The van der Waals surface area contributed by atoms with Crippen molar-refractivity contribution >= 4 is 11.8 Å². The summed E-state index contributed by atoms with van der Waals surface area (Å²) in [5.74, 6) is -0.162. The van der Waals surface area contributed by atoms with Crippen molar-refractivity contribution in [3.8, 4) is 0 Å². The Bertz CT molecular complexity index is 550. The number of aryl methyl sites for hydroxylation is 2. The molecule has 2 N–H and O–H groups in total. The topological polar surface area (TPSA) is 87.3 Å². The molecule has 0 spiro atoms. The number of carbonyl (C=O) groups excluding carboxylic acids is 2. The van der Waals surface area contributed by atoms with E-state index in [1.54, 1.807) is 18.9 Å². The molecule has 2 heterocycles. The van der Waals surface area contributed by atoms with Crippen LogP contribution in [0.1, 0.15) is 30.3 Å². The molecule has 0 bridgehead atoms. The minimum atomic E-state index is -0.968. The molecule has 1 fully saturated rings. The van der Waals surface area contributed by atoms with Gasteiger partial charge in [0.1, 0.15) is 0 Å². The SMILES string of the molecule is CNC(=O)[C@@]1(C)CN(C(=O)CCc2c(C)n[nH]c2C)CCO1. The number of hydrogen-bond acceptors (Lipinski definition) is 4. The normalized spacial score (nSPS) is 21.7. The molecule has 0 radical (unpaired) electrons. The molecule has 1 aliphatic heterocycles. The van der Waals surface area contributed by atoms with Crippen molar-refractivity contribution in [3.05, 3.63) is 17.0 Å². The molecule has 1 atom stereocenters. The van der Waals surface area contributed by atoms with E-state index in [-0.39, 0.29) is 18.4 Å². The quantitative estimate of drug-likeness (QED) is 0.839. The number of carbonyl (C=O) groups is 2. The zero-order valence-electron chi connectivity index (χ0n) is 13.7. The van der Waals surface area contributed by atoms with Gasteiger partial charge in [-0.25, -0.2) is 0 Å². The fourth-order valence-electron chi connectivity index (χ4n) is 2.82. The van der Waals surface area contributed by atoms with Crippen LogP contribution in [0.2, 0.25) is 0 Å². The van der Waals surface area contributed by atoms with Gasteiger partial charge in [0.2, 0.25) is 5.91 Å². The summed E-state index contributed by atoms with van der Waals surface area (Å²) in [6.45, 7) is 6.79. The van der Waals surface area contributed by atoms with E-state index in [1.165, 1.54) is 0 Å². The van der Waals surface area contributed by atoms with Gasteiger partial charge >= 0.3 is 0 Å². The van der Waals surface area contributed by atoms with E-state index in [2.05, 4.69) is 15.5 Å². The number of likely N-dealkylation sites (N-methyl/N-ethyl adjacent to an activating group) is 1. The molecule has 2 amide bonds. The maximum Gasteiger partial charge on any atom is 0.253 e. The van der Waals surface area contributed by atoms with Gasteiger partial charge in [-0.15, -0.1) is 0 Å². The van der Waals surface area contributed by atoms with E-state index in [9.17, 15) is 9.59 Å². The Morgan fingerprint density at radius 2 is 2.18 bits per heavy atom. The second-order valence-electron chi connectivity index (χ2n) is 5.89. The summed E-state index contributed by atoms with van der Waals surface area (Å²) in [5.41, 5.74) is 2.06. The number of morpholine rings is 1. The van der Waals surface area contributed by atoms with E-state index in [1.807, 2.05) is 13.8 Å². The number of hydrogen-bond donors (Lipinski definition) is 2. The first-order chi connectivity index (χ1) is 10.4. The van der Waals surface area contributed by atoms with Gasteiger partial charge in [-0.1, -0.05) is 0 Å². The van der Waals surface area contributed by atoms with Crippen LogP contribution in [0.5, 0.6) is 0 Å². The molecular formula is C15H24N4O3. The van der Waals surface area contributed by atoms with Gasteiger partial charge in [0.25, 0.3) is 5.91 Å². The van der Waals surface area contributed by atoms with Gasteiger partial charge in [0.15, 0.2) is 5.60 Å². The number of nitrogens with zero attached hydrogens (tertiary/aromatic N) is 2. The van der Waals surface area contributed by atoms with Gasteiger partial charge in [-0.05, 0) is 32.8 Å². The highest BCUT2D eigenvalue weighted by molar-refractivity contribution is 5.86. The molecule has 22 heavy (non-hydrogen) atoms. The number of amides is 2. The predicted octanol–water partition coefficient (Wildman–Crippen LogP) is 0.323. The smallest absolute Gasteiger partial charge is 0.253 e. The first-order valence-electron chi connectivity index (χ1n) is 7.51. The number of H-pyrrole nitrogens is 1. The summed E-state index contributed by atoms with van der Waals surface area (Å²) in [7, 11) is 1.57. The van der Waals surface area contributed by atoms with Crippen LogP contribution < -0.4 is 5.32 Å². The number of rotatable bonds is 4. The van der Waals surface area contributed by atoms with Crippen molar-refractivity contribution < 1.29 is 14.3 Å². The third kappa shape index (κ3) is 3.30. The molecule has 0 unspecified atom stereocenters. The van der Waals surface area contributed by atoms with E-state index >= 15 is 0 Å². The summed E-state index contributed by atoms with van der Waals surface area (Å²) in [6, 6.07) is 0. The average molecular weight is 308 g/mol. The van der Waals surface area contributed by atoms with Crippen molar-refractivity contribution in [2.24, 2.45) is 0 Å². The fourth-order valence-corrected chi connectivity index (χ4v) is 2.82. The molecule has 1 aromatic rings. The lowest BCUT2D eigenvalue weighted by molar-refractivity contribution is -0.162. The molecule has 2 rings (SSSR count). The molecule has 122 valence electrons. The Labute approximate surface area is 130 Å². The van der Waals surface area contributed by atoms with E-state index < -0.39 is 5.60 Å². The second kappa shape index (κ2) is 6.48. The van der Waals surface area contributed by atoms with Crippen LogP contribution >= 0.6 is 0 Å². The van der Waals surface area contributed by atoms with Crippen LogP contribution in [-0.2, 0) is 20.7 Å². The molecule has 1 aromatic heterocycles. The summed E-state index contributed by atoms with van der Waals surface area (Å²) >= 11 is 0. The Balaban J connectivity index is 1.96. The van der Waals surface area contributed by atoms with Gasteiger partial charge < -0.3 is 15.0 Å². The molecular weight excluding hydrogens is 284 g/mol. The standard InChI is InChI=1S/C15H24N4O3/c1-10-12(11(2)18-17-10)5-6-13(20)19-7-8-22-15(3,9-19)14(21)16-4/h5-9H2,1-4H3,(H,16,21)(H,17,18)/t15-/m1/s1. The average Bonchev–Trinajstić information content (AvgIpc) is 2.82. The van der Waals surface area contributed by atoms with Crippen molar-refractivity contribution in [2.75, 3.05) is 26.7 Å². The van der Waals surface area contributed by atoms with Gasteiger partial charge in [0, 0.05) is 25.7 Å². The van der Waals surface area contributed by atoms with Gasteiger partial charge in [0.05, 0.1) is 18.8 Å². The largest absolute Gasteiger partial charge is 0.362 e. The summed E-state index contributed by atoms with van der Waals surface area (Å²) < 4.78 is 5.57. The Hall–Kier alpha value is -1.89. The Morgan fingerprint density at radius 3 is 2.77 bits per heavy atom. The first-order valence-corrected chi connectivity index (χ1v) is 7.51. The third-order valence-electron chi connectivity index (χ3n) is 4.20. The lowest BCUT2D eigenvalue weighted by Crippen LogP contribution is -2.58. The van der Waals surface area contributed by atoms with Crippen LogP contribution in [0.15, 0.2) is 0 Å². The number of ether oxygens (including phenoxy) is 1. The van der Waals surface area contributed by atoms with Crippen LogP contribution in [0.25, 0.3) is 0 Å². The highest BCUT2D eigenvalue weighted by Gasteiger charge is 2.40. The predicted molar refractivity (Wildman–Crippen MR) is 81.4 cm³/mol. The summed E-state index contributed by atoms with van der Waals surface area (Å²) in [5, 5.41) is 9.66. The molecule has 0 saturated carbocycles. The lowest BCUT2D eigenvalue weighted by Gasteiger charge is -2.39. The van der Waals surface area contributed by atoms with Crippen LogP contribution in [0.3, 0.4) is 0 Å². The van der Waals surface area contributed by atoms with Crippen molar-refractivity contribution in [1.29, 1.82) is 0 Å². The van der Waals surface area contributed by atoms with Crippen LogP contribution in [-0.4, -0.2) is 59.3 Å². The van der Waals surface area contributed by atoms with Crippen LogP contribution in [0.4, 0.5) is 0 Å². The maximum atomic E-state index is 12.4. The third-order valence-corrected chi connectivity index (χ3v) is 4.20. The van der Waals surface area contributed by atoms with E-state index in [0.29, 0.717) is 26.0 Å². The minimum absolute atomic E-state index is 0.0402. The van der Waals surface area contributed by atoms with Crippen molar-refractivity contribution in [3.63, 3.8) is 0 Å². The first kappa shape index (κ1) is 16.5. The van der Waals surface area contributed by atoms with Gasteiger partial charge in [-0.2, -0.15) is 5.10 Å². The Kier molecular flexibility index (Phi) is 4.85. The van der Waals surface area contributed by atoms with Crippen molar-refractivity contribution in [1.82, 2.24) is 20.4 Å². The maximum absolute atomic E-state index is 12.4. The highest BCUT2D eigenvalue weighted by Crippen LogP contribution is 2.19. The molecule has 1 saturated heterocycles. The molecule has 7 nitrogen and oxygen atoms in total. The number of nitrogens with one attached hydrogen (secondary N) is 2. The Morgan fingerprint density at radius 1 is 1.45 bits per heavy atom.